The van der Waals surface area contributed by atoms with Crippen LogP contribution >= 0.6 is 11.6 Å². The van der Waals surface area contributed by atoms with Gasteiger partial charge >= 0.3 is 0 Å². The van der Waals surface area contributed by atoms with Crippen molar-refractivity contribution in [2.24, 2.45) is 0 Å². The SMILES string of the molecule is CC(C)=C(C#N)NC(=O)c1ccc(Cl)cc1. The van der Waals surface area contributed by atoms with Gasteiger partial charge in [0.05, 0.1) is 0 Å². The number of allylic oxidation sites excluding steroid dienone is 2. The summed E-state index contributed by atoms with van der Waals surface area (Å²) in [7, 11) is 0. The molecule has 82 valence electrons. The lowest BCUT2D eigenvalue weighted by Gasteiger charge is -2.04. The van der Waals surface area contributed by atoms with Crippen LogP contribution in [-0.2, 0) is 0 Å². The fraction of sp³-hybridized carbons (Fsp3) is 0.167. The molecule has 0 bridgehead atoms. The Bertz CT molecular complexity index is 465. The van der Waals surface area contributed by atoms with Crippen LogP contribution in [0.1, 0.15) is 24.2 Å². The molecule has 0 unspecified atom stereocenters. The number of nitrogens with zero attached hydrogens (tertiary/aromatic N) is 1. The molecule has 0 saturated carbocycles. The highest BCUT2D eigenvalue weighted by molar-refractivity contribution is 6.30. The van der Waals surface area contributed by atoms with Crippen molar-refractivity contribution in [1.82, 2.24) is 5.32 Å². The van der Waals surface area contributed by atoms with E-state index < -0.39 is 0 Å². The minimum Gasteiger partial charge on any atom is -0.313 e. The third kappa shape index (κ3) is 3.11. The first-order valence-corrected chi connectivity index (χ1v) is 5.07. The number of rotatable bonds is 2. The van der Waals surface area contributed by atoms with Crippen LogP contribution in [0, 0.1) is 11.3 Å². The second-order valence-electron chi connectivity index (χ2n) is 3.45. The highest BCUT2D eigenvalue weighted by Gasteiger charge is 2.07. The molecule has 0 aromatic heterocycles. The summed E-state index contributed by atoms with van der Waals surface area (Å²) in [5.74, 6) is -0.311. The van der Waals surface area contributed by atoms with Crippen LogP contribution in [0.3, 0.4) is 0 Å². The quantitative estimate of drug-likeness (QED) is 0.800. The van der Waals surface area contributed by atoms with Gasteiger partial charge in [0.15, 0.2) is 0 Å². The first-order valence-electron chi connectivity index (χ1n) is 4.69. The van der Waals surface area contributed by atoms with Gasteiger partial charge in [0.1, 0.15) is 11.8 Å². The summed E-state index contributed by atoms with van der Waals surface area (Å²) in [6, 6.07) is 8.41. The fourth-order valence-electron chi connectivity index (χ4n) is 1.05. The van der Waals surface area contributed by atoms with E-state index in [2.05, 4.69) is 5.32 Å². The molecule has 0 fully saturated rings. The van der Waals surface area contributed by atoms with E-state index in [0.29, 0.717) is 10.6 Å². The Labute approximate surface area is 99.3 Å². The molecule has 16 heavy (non-hydrogen) atoms. The van der Waals surface area contributed by atoms with E-state index in [0.717, 1.165) is 5.57 Å². The lowest BCUT2D eigenvalue weighted by molar-refractivity contribution is 0.0967. The molecule has 0 aliphatic rings. The van der Waals surface area contributed by atoms with E-state index in [1.54, 1.807) is 38.1 Å². The van der Waals surface area contributed by atoms with Gasteiger partial charge in [0.25, 0.3) is 5.91 Å². The Hall–Kier alpha value is -1.79. The highest BCUT2D eigenvalue weighted by atomic mass is 35.5. The van der Waals surface area contributed by atoms with E-state index in [-0.39, 0.29) is 11.6 Å². The molecule has 0 aliphatic carbocycles. The first kappa shape index (κ1) is 12.3. The summed E-state index contributed by atoms with van der Waals surface area (Å²) in [4.78, 5) is 11.7. The zero-order valence-electron chi connectivity index (χ0n) is 9.04. The largest absolute Gasteiger partial charge is 0.313 e. The van der Waals surface area contributed by atoms with Gasteiger partial charge in [-0.15, -0.1) is 0 Å². The van der Waals surface area contributed by atoms with Crippen molar-refractivity contribution in [2.75, 3.05) is 0 Å². The predicted octanol–water partition coefficient (Wildman–Crippen LogP) is 2.89. The van der Waals surface area contributed by atoms with E-state index in [1.165, 1.54) is 0 Å². The number of hydrogen-bond donors (Lipinski definition) is 1. The van der Waals surface area contributed by atoms with Crippen LogP contribution < -0.4 is 5.32 Å². The zero-order chi connectivity index (χ0) is 12.1. The van der Waals surface area contributed by atoms with Crippen LogP contribution in [0.15, 0.2) is 35.5 Å². The van der Waals surface area contributed by atoms with Gasteiger partial charge in [-0.05, 0) is 43.7 Å². The van der Waals surface area contributed by atoms with Crippen molar-refractivity contribution in [3.63, 3.8) is 0 Å². The van der Waals surface area contributed by atoms with E-state index >= 15 is 0 Å². The van der Waals surface area contributed by atoms with Crippen LogP contribution in [0.4, 0.5) is 0 Å². The molecule has 1 rings (SSSR count). The molecule has 4 heteroatoms. The van der Waals surface area contributed by atoms with Gasteiger partial charge < -0.3 is 5.32 Å². The number of carbonyl (C=O) groups is 1. The zero-order valence-corrected chi connectivity index (χ0v) is 9.80. The Balaban J connectivity index is 2.85. The summed E-state index contributed by atoms with van der Waals surface area (Å²) < 4.78 is 0. The minimum atomic E-state index is -0.311. The third-order valence-electron chi connectivity index (χ3n) is 1.96. The molecule has 0 spiro atoms. The number of amides is 1. The molecular weight excluding hydrogens is 224 g/mol. The second kappa shape index (κ2) is 5.34. The van der Waals surface area contributed by atoms with Gasteiger partial charge in [-0.2, -0.15) is 5.26 Å². The summed E-state index contributed by atoms with van der Waals surface area (Å²) in [5, 5.41) is 11.9. The predicted molar refractivity (Wildman–Crippen MR) is 62.9 cm³/mol. The Morgan fingerprint density at radius 3 is 2.31 bits per heavy atom. The minimum absolute atomic E-state index is 0.278. The molecule has 0 heterocycles. The number of carbonyl (C=O) groups excluding carboxylic acids is 1. The number of nitriles is 1. The maximum atomic E-state index is 11.7. The summed E-state index contributed by atoms with van der Waals surface area (Å²) in [5.41, 5.74) is 1.52. The van der Waals surface area contributed by atoms with Crippen molar-refractivity contribution < 1.29 is 4.79 Å². The van der Waals surface area contributed by atoms with E-state index in [1.807, 2.05) is 6.07 Å². The van der Waals surface area contributed by atoms with Crippen molar-refractivity contribution in [2.45, 2.75) is 13.8 Å². The average molecular weight is 235 g/mol. The molecule has 0 saturated heterocycles. The molecular formula is C12H11ClN2O. The van der Waals surface area contributed by atoms with Crippen molar-refractivity contribution in [3.05, 3.63) is 46.1 Å². The van der Waals surface area contributed by atoms with Crippen molar-refractivity contribution in [1.29, 1.82) is 5.26 Å². The van der Waals surface area contributed by atoms with E-state index in [9.17, 15) is 4.79 Å². The Morgan fingerprint density at radius 1 is 1.31 bits per heavy atom. The number of benzene rings is 1. The van der Waals surface area contributed by atoms with Gasteiger partial charge in [-0.3, -0.25) is 4.79 Å². The lowest BCUT2D eigenvalue weighted by Crippen LogP contribution is -2.22. The summed E-state index contributed by atoms with van der Waals surface area (Å²) in [6.07, 6.45) is 0. The monoisotopic (exact) mass is 234 g/mol. The second-order valence-corrected chi connectivity index (χ2v) is 3.88. The number of hydrogen-bond acceptors (Lipinski definition) is 2. The van der Waals surface area contributed by atoms with Crippen LogP contribution in [-0.4, -0.2) is 5.91 Å². The molecule has 1 N–H and O–H groups in total. The third-order valence-corrected chi connectivity index (χ3v) is 2.21. The fourth-order valence-corrected chi connectivity index (χ4v) is 1.18. The number of nitrogens with one attached hydrogen (secondary N) is 1. The Kier molecular flexibility index (Phi) is 4.10. The maximum Gasteiger partial charge on any atom is 0.256 e. The van der Waals surface area contributed by atoms with Gasteiger partial charge in [-0.1, -0.05) is 11.6 Å². The van der Waals surface area contributed by atoms with E-state index in [4.69, 9.17) is 16.9 Å². The summed E-state index contributed by atoms with van der Waals surface area (Å²) in [6.45, 7) is 3.53. The molecule has 3 nitrogen and oxygen atoms in total. The first-order chi connectivity index (χ1) is 7.54. The molecule has 1 aromatic rings. The van der Waals surface area contributed by atoms with Crippen molar-refractivity contribution >= 4 is 17.5 Å². The van der Waals surface area contributed by atoms with Gasteiger partial charge in [0.2, 0.25) is 0 Å². The number of halogens is 1. The topological polar surface area (TPSA) is 52.9 Å². The average Bonchev–Trinajstić information content (AvgIpc) is 2.26. The lowest BCUT2D eigenvalue weighted by atomic mass is 10.2. The summed E-state index contributed by atoms with van der Waals surface area (Å²) >= 11 is 5.71. The highest BCUT2D eigenvalue weighted by Crippen LogP contribution is 2.10. The maximum absolute atomic E-state index is 11.7. The van der Waals surface area contributed by atoms with Gasteiger partial charge in [0, 0.05) is 10.6 Å². The molecule has 1 amide bonds. The standard InChI is InChI=1S/C12H11ClN2O/c1-8(2)11(7-14)15-12(16)9-3-5-10(13)6-4-9/h3-6H,1-2H3,(H,15,16). The van der Waals surface area contributed by atoms with Crippen LogP contribution in [0.2, 0.25) is 5.02 Å². The Morgan fingerprint density at radius 2 is 1.88 bits per heavy atom. The van der Waals surface area contributed by atoms with Crippen molar-refractivity contribution in [3.8, 4) is 6.07 Å². The molecule has 0 radical (unpaired) electrons. The van der Waals surface area contributed by atoms with Crippen LogP contribution in [0.5, 0.6) is 0 Å². The van der Waals surface area contributed by atoms with Gasteiger partial charge in [-0.25, -0.2) is 0 Å². The smallest absolute Gasteiger partial charge is 0.256 e. The molecule has 0 aliphatic heterocycles. The molecule has 0 atom stereocenters. The normalized spacial score (nSPS) is 9.12. The molecule has 1 aromatic carbocycles. The van der Waals surface area contributed by atoms with Crippen LogP contribution in [0.25, 0.3) is 0 Å².